The van der Waals surface area contributed by atoms with Crippen molar-refractivity contribution < 1.29 is 18.3 Å². The van der Waals surface area contributed by atoms with E-state index in [1.807, 2.05) is 126 Å². The Balaban J connectivity index is 1.20. The van der Waals surface area contributed by atoms with Crippen LogP contribution >= 0.6 is 0 Å². The highest BCUT2D eigenvalue weighted by Gasteiger charge is 2.18. The Morgan fingerprint density at radius 2 is 1.00 bits per heavy atom. The molecule has 0 N–H and O–H groups in total. The fraction of sp³-hybridized carbons (Fsp3) is 0.0256. The summed E-state index contributed by atoms with van der Waals surface area (Å²) in [6, 6.07) is 38.4. The SMILES string of the molecule is FC(F)c1cnc(-n2c3cc(Oc4cccc(-c5ccccn5)c4)ccc3c3ccc(Oc4cccc(-c5ccccn5)c4)cc32)nc1. The van der Waals surface area contributed by atoms with Crippen molar-refractivity contribution in [3.63, 3.8) is 0 Å². The van der Waals surface area contributed by atoms with Crippen molar-refractivity contribution in [1.82, 2.24) is 24.5 Å². The lowest BCUT2D eigenvalue weighted by molar-refractivity contribution is 0.150. The van der Waals surface area contributed by atoms with Crippen LogP contribution in [0.3, 0.4) is 0 Å². The van der Waals surface area contributed by atoms with Gasteiger partial charge in [0, 0.05) is 58.8 Å². The summed E-state index contributed by atoms with van der Waals surface area (Å²) in [5, 5.41) is 1.81. The normalized spacial score (nSPS) is 11.3. The lowest BCUT2D eigenvalue weighted by Gasteiger charge is -2.10. The third-order valence-corrected chi connectivity index (χ3v) is 7.88. The topological polar surface area (TPSA) is 75.0 Å². The molecule has 0 bridgehead atoms. The van der Waals surface area contributed by atoms with E-state index in [1.165, 1.54) is 0 Å². The summed E-state index contributed by atoms with van der Waals surface area (Å²) in [4.78, 5) is 17.6. The van der Waals surface area contributed by atoms with E-state index in [1.54, 1.807) is 12.4 Å². The molecule has 0 saturated carbocycles. The average Bonchev–Trinajstić information content (AvgIpc) is 3.45. The van der Waals surface area contributed by atoms with Gasteiger partial charge in [-0.25, -0.2) is 18.7 Å². The zero-order valence-corrected chi connectivity index (χ0v) is 25.2. The number of halogens is 2. The van der Waals surface area contributed by atoms with Crippen molar-refractivity contribution in [1.29, 1.82) is 0 Å². The molecule has 0 spiro atoms. The van der Waals surface area contributed by atoms with Gasteiger partial charge in [0.2, 0.25) is 5.95 Å². The lowest BCUT2D eigenvalue weighted by atomic mass is 10.1. The van der Waals surface area contributed by atoms with Crippen LogP contribution in [0.1, 0.15) is 12.0 Å². The number of pyridine rings is 2. The Bertz CT molecular complexity index is 2240. The predicted molar refractivity (Wildman–Crippen MR) is 181 cm³/mol. The summed E-state index contributed by atoms with van der Waals surface area (Å²) in [5.41, 5.74) is 4.75. The molecule has 4 aromatic heterocycles. The maximum absolute atomic E-state index is 13.4. The monoisotopic (exact) mass is 633 g/mol. The molecule has 0 unspecified atom stereocenters. The number of rotatable bonds is 8. The molecule has 0 aliphatic heterocycles. The summed E-state index contributed by atoms with van der Waals surface area (Å²) >= 11 is 0. The number of aromatic nitrogens is 5. The number of nitrogens with zero attached hydrogens (tertiary/aromatic N) is 5. The summed E-state index contributed by atoms with van der Waals surface area (Å²) in [7, 11) is 0. The molecule has 9 heteroatoms. The van der Waals surface area contributed by atoms with Crippen molar-refractivity contribution in [3.05, 3.63) is 152 Å². The van der Waals surface area contributed by atoms with Crippen molar-refractivity contribution in [2.75, 3.05) is 0 Å². The molecule has 4 aromatic carbocycles. The van der Waals surface area contributed by atoms with Crippen LogP contribution in [0.2, 0.25) is 0 Å². The Morgan fingerprint density at radius 3 is 1.46 bits per heavy atom. The molecule has 0 aliphatic rings. The van der Waals surface area contributed by atoms with Crippen LogP contribution in [0.25, 0.3) is 50.3 Å². The van der Waals surface area contributed by atoms with Gasteiger partial charge in [-0.1, -0.05) is 36.4 Å². The van der Waals surface area contributed by atoms with E-state index >= 15 is 0 Å². The number of hydrogen-bond acceptors (Lipinski definition) is 6. The molecule has 7 nitrogen and oxygen atoms in total. The van der Waals surface area contributed by atoms with Gasteiger partial charge in [-0.05, 0) is 72.8 Å². The van der Waals surface area contributed by atoms with E-state index < -0.39 is 6.43 Å². The number of ether oxygens (including phenoxy) is 2. The van der Waals surface area contributed by atoms with Gasteiger partial charge in [0.1, 0.15) is 23.0 Å². The van der Waals surface area contributed by atoms with Gasteiger partial charge in [0.15, 0.2) is 0 Å². The molecule has 8 rings (SSSR count). The summed E-state index contributed by atoms with van der Waals surface area (Å²) in [6.07, 6.45) is 3.12. The molecule has 0 radical (unpaired) electrons. The fourth-order valence-electron chi connectivity index (χ4n) is 5.66. The van der Waals surface area contributed by atoms with Crippen molar-refractivity contribution in [3.8, 4) is 51.5 Å². The van der Waals surface area contributed by atoms with Crippen LogP contribution in [-0.2, 0) is 0 Å². The molecule has 0 amide bonds. The minimum Gasteiger partial charge on any atom is -0.457 e. The maximum atomic E-state index is 13.4. The third-order valence-electron chi connectivity index (χ3n) is 7.88. The first-order valence-corrected chi connectivity index (χ1v) is 15.2. The van der Waals surface area contributed by atoms with Gasteiger partial charge >= 0.3 is 0 Å². The van der Waals surface area contributed by atoms with E-state index in [0.29, 0.717) is 23.0 Å². The van der Waals surface area contributed by atoms with Gasteiger partial charge in [0.25, 0.3) is 6.43 Å². The molecular weight excluding hydrogens is 608 g/mol. The lowest BCUT2D eigenvalue weighted by Crippen LogP contribution is -2.02. The summed E-state index contributed by atoms with van der Waals surface area (Å²) in [5.74, 6) is 2.68. The molecule has 48 heavy (non-hydrogen) atoms. The summed E-state index contributed by atoms with van der Waals surface area (Å²) < 4.78 is 41.3. The van der Waals surface area contributed by atoms with Crippen molar-refractivity contribution in [2.24, 2.45) is 0 Å². The minimum atomic E-state index is -2.68. The second-order valence-corrected chi connectivity index (χ2v) is 11.0. The van der Waals surface area contributed by atoms with Gasteiger partial charge in [0.05, 0.1) is 28.0 Å². The zero-order valence-electron chi connectivity index (χ0n) is 25.2. The number of benzene rings is 4. The Hall–Kier alpha value is -6.48. The zero-order chi connectivity index (χ0) is 32.5. The van der Waals surface area contributed by atoms with Gasteiger partial charge in [-0.15, -0.1) is 0 Å². The van der Waals surface area contributed by atoms with Crippen LogP contribution in [0.15, 0.2) is 146 Å². The van der Waals surface area contributed by atoms with E-state index in [2.05, 4.69) is 19.9 Å². The Labute approximate surface area is 273 Å². The van der Waals surface area contributed by atoms with E-state index in [0.717, 1.165) is 56.7 Å². The van der Waals surface area contributed by atoms with Crippen LogP contribution in [0, 0.1) is 0 Å². The Morgan fingerprint density at radius 1 is 0.500 bits per heavy atom. The maximum Gasteiger partial charge on any atom is 0.266 e. The van der Waals surface area contributed by atoms with Crippen LogP contribution < -0.4 is 9.47 Å². The minimum absolute atomic E-state index is 0.239. The first-order valence-electron chi connectivity index (χ1n) is 15.2. The second-order valence-electron chi connectivity index (χ2n) is 11.0. The molecule has 0 aliphatic carbocycles. The molecule has 0 saturated heterocycles. The number of hydrogen-bond donors (Lipinski definition) is 0. The molecule has 4 heterocycles. The number of alkyl halides is 2. The van der Waals surface area contributed by atoms with Crippen LogP contribution in [-0.4, -0.2) is 24.5 Å². The molecule has 8 aromatic rings. The van der Waals surface area contributed by atoms with E-state index in [4.69, 9.17) is 9.47 Å². The fourth-order valence-corrected chi connectivity index (χ4v) is 5.66. The Kier molecular flexibility index (Phi) is 7.46. The van der Waals surface area contributed by atoms with Gasteiger partial charge < -0.3 is 9.47 Å². The molecule has 0 fully saturated rings. The largest absolute Gasteiger partial charge is 0.457 e. The van der Waals surface area contributed by atoms with E-state index in [9.17, 15) is 8.78 Å². The number of fused-ring (bicyclic) bond motifs is 3. The average molecular weight is 634 g/mol. The first-order chi connectivity index (χ1) is 23.6. The molecular formula is C39H25F2N5O2. The first kappa shape index (κ1) is 29.0. The smallest absolute Gasteiger partial charge is 0.266 e. The second kappa shape index (κ2) is 12.4. The summed E-state index contributed by atoms with van der Waals surface area (Å²) in [6.45, 7) is 0. The van der Waals surface area contributed by atoms with Crippen LogP contribution in [0.5, 0.6) is 23.0 Å². The quantitative estimate of drug-likeness (QED) is 0.166. The highest BCUT2D eigenvalue weighted by atomic mass is 19.3. The highest BCUT2D eigenvalue weighted by Crippen LogP contribution is 2.38. The standard InChI is InChI=1S/C39H25F2N5O2/c40-38(41)27-23-44-39(45-24-27)46-36-21-30(47-28-9-5-7-25(19-28)34-11-1-3-17-42-34)13-15-32(36)33-16-14-31(22-37(33)46)48-29-10-6-8-26(20-29)35-12-2-4-18-43-35/h1-24,38H. The molecule has 0 atom stereocenters. The van der Waals surface area contributed by atoms with E-state index in [-0.39, 0.29) is 11.5 Å². The molecule has 232 valence electrons. The van der Waals surface area contributed by atoms with Crippen molar-refractivity contribution in [2.45, 2.75) is 6.43 Å². The van der Waals surface area contributed by atoms with Crippen LogP contribution in [0.4, 0.5) is 8.78 Å². The van der Waals surface area contributed by atoms with Gasteiger partial charge in [-0.3, -0.25) is 14.5 Å². The van der Waals surface area contributed by atoms with Crippen molar-refractivity contribution >= 4 is 21.8 Å². The van der Waals surface area contributed by atoms with Gasteiger partial charge in [-0.2, -0.15) is 0 Å². The third kappa shape index (κ3) is 5.69. The predicted octanol–water partition coefficient (Wildman–Crippen LogP) is 10.2. The highest BCUT2D eigenvalue weighted by molar-refractivity contribution is 6.09.